The number of phenols is 2. The van der Waals surface area contributed by atoms with E-state index in [2.05, 4.69) is 45.0 Å². The minimum Gasteiger partial charge on any atom is -0.508 e. The van der Waals surface area contributed by atoms with Crippen molar-refractivity contribution in [2.75, 3.05) is 0 Å². The van der Waals surface area contributed by atoms with E-state index >= 15 is 0 Å². The molecule has 2 heteroatoms. The maximum atomic E-state index is 9.97. The van der Waals surface area contributed by atoms with Crippen LogP contribution in [0.4, 0.5) is 0 Å². The molecule has 0 aliphatic heterocycles. The summed E-state index contributed by atoms with van der Waals surface area (Å²) in [4.78, 5) is 0. The van der Waals surface area contributed by atoms with Crippen LogP contribution in [0.5, 0.6) is 11.5 Å². The highest BCUT2D eigenvalue weighted by Crippen LogP contribution is 2.52. The van der Waals surface area contributed by atoms with Crippen LogP contribution < -0.4 is 0 Å². The molecular weight excluding hydrogens is 320 g/mol. The molecule has 0 radical (unpaired) electrons. The van der Waals surface area contributed by atoms with E-state index in [1.807, 2.05) is 26.0 Å². The quantitative estimate of drug-likeness (QED) is 0.689. The molecule has 0 bridgehead atoms. The average Bonchev–Trinajstić information content (AvgIpc) is 2.60. The van der Waals surface area contributed by atoms with E-state index in [0.717, 1.165) is 29.9 Å². The third kappa shape index (κ3) is 3.34. The van der Waals surface area contributed by atoms with E-state index in [1.165, 1.54) is 17.5 Å². The van der Waals surface area contributed by atoms with Gasteiger partial charge in [-0.3, -0.25) is 0 Å². The first-order valence-corrected chi connectivity index (χ1v) is 9.82. The largest absolute Gasteiger partial charge is 0.508 e. The molecule has 0 amide bonds. The average molecular weight is 353 g/mol. The van der Waals surface area contributed by atoms with Crippen LogP contribution in [-0.2, 0) is 5.41 Å². The zero-order valence-electron chi connectivity index (χ0n) is 16.7. The van der Waals surface area contributed by atoms with E-state index in [4.69, 9.17) is 0 Å². The van der Waals surface area contributed by atoms with E-state index in [9.17, 15) is 10.2 Å². The zero-order valence-corrected chi connectivity index (χ0v) is 16.7. The van der Waals surface area contributed by atoms with Crippen LogP contribution in [0.25, 0.3) is 0 Å². The van der Waals surface area contributed by atoms with E-state index in [-0.39, 0.29) is 5.41 Å². The van der Waals surface area contributed by atoms with Crippen molar-refractivity contribution in [3.05, 3.63) is 58.7 Å². The molecule has 140 valence electrons. The Morgan fingerprint density at radius 1 is 0.962 bits per heavy atom. The fourth-order valence-corrected chi connectivity index (χ4v) is 4.70. The standard InChI is InChI=1S/C24H32O2/c1-15(2)18-10-11-24(5,20-7-9-23(26)17(4)13-20)21(14-18)19-6-8-22(25)16(3)12-19/h6-9,12-13,15,18,21,25-26H,10-11,14H2,1-5H3. The molecule has 1 fully saturated rings. The lowest BCUT2D eigenvalue weighted by Gasteiger charge is -2.46. The van der Waals surface area contributed by atoms with E-state index in [0.29, 0.717) is 23.3 Å². The van der Waals surface area contributed by atoms with Crippen LogP contribution in [0.3, 0.4) is 0 Å². The molecule has 0 heterocycles. The molecule has 3 atom stereocenters. The van der Waals surface area contributed by atoms with Crippen molar-refractivity contribution in [1.82, 2.24) is 0 Å². The second kappa shape index (κ2) is 6.98. The Morgan fingerprint density at radius 3 is 2.15 bits per heavy atom. The van der Waals surface area contributed by atoms with Crippen molar-refractivity contribution in [3.63, 3.8) is 0 Å². The molecule has 2 aromatic carbocycles. The third-order valence-electron chi connectivity index (χ3n) is 6.76. The van der Waals surface area contributed by atoms with Crippen molar-refractivity contribution in [1.29, 1.82) is 0 Å². The van der Waals surface area contributed by atoms with Gasteiger partial charge in [-0.15, -0.1) is 0 Å². The third-order valence-corrected chi connectivity index (χ3v) is 6.76. The lowest BCUT2D eigenvalue weighted by atomic mass is 9.57. The summed E-state index contributed by atoms with van der Waals surface area (Å²) in [6.07, 6.45) is 3.55. The van der Waals surface area contributed by atoms with E-state index < -0.39 is 0 Å². The van der Waals surface area contributed by atoms with Gasteiger partial charge in [0, 0.05) is 0 Å². The Kier molecular flexibility index (Phi) is 5.05. The Morgan fingerprint density at radius 2 is 1.58 bits per heavy atom. The number of phenolic OH excluding ortho intramolecular Hbond substituents is 2. The molecule has 0 saturated heterocycles. The van der Waals surface area contributed by atoms with Crippen LogP contribution >= 0.6 is 0 Å². The molecule has 26 heavy (non-hydrogen) atoms. The fraction of sp³-hybridized carbons (Fsp3) is 0.500. The summed E-state index contributed by atoms with van der Waals surface area (Å²) in [5.41, 5.74) is 4.55. The first-order chi connectivity index (χ1) is 12.2. The van der Waals surface area contributed by atoms with Crippen molar-refractivity contribution >= 4 is 0 Å². The first-order valence-electron chi connectivity index (χ1n) is 9.82. The molecule has 0 spiro atoms. The number of hydrogen-bond acceptors (Lipinski definition) is 2. The summed E-state index contributed by atoms with van der Waals surface area (Å²) >= 11 is 0. The van der Waals surface area contributed by atoms with Gasteiger partial charge in [0.15, 0.2) is 0 Å². The lowest BCUT2D eigenvalue weighted by Crippen LogP contribution is -2.38. The zero-order chi connectivity index (χ0) is 19.1. The number of benzene rings is 2. The van der Waals surface area contributed by atoms with Crippen LogP contribution in [0, 0.1) is 25.7 Å². The highest BCUT2D eigenvalue weighted by molar-refractivity contribution is 5.43. The van der Waals surface area contributed by atoms with Gasteiger partial charge < -0.3 is 10.2 Å². The normalized spacial score (nSPS) is 26.2. The van der Waals surface area contributed by atoms with Gasteiger partial charge in [0.25, 0.3) is 0 Å². The Hall–Kier alpha value is -1.96. The van der Waals surface area contributed by atoms with Crippen molar-refractivity contribution in [3.8, 4) is 11.5 Å². The highest BCUT2D eigenvalue weighted by atomic mass is 16.3. The van der Waals surface area contributed by atoms with Gasteiger partial charge in [0.1, 0.15) is 11.5 Å². The van der Waals surface area contributed by atoms with Crippen LogP contribution in [0.15, 0.2) is 36.4 Å². The molecule has 0 aromatic heterocycles. The number of aryl methyl sites for hydroxylation is 2. The summed E-state index contributed by atoms with van der Waals surface area (Å²) in [6, 6.07) is 12.2. The van der Waals surface area contributed by atoms with Crippen molar-refractivity contribution < 1.29 is 10.2 Å². The van der Waals surface area contributed by atoms with Gasteiger partial charge in [-0.05, 0) is 90.7 Å². The highest BCUT2D eigenvalue weighted by Gasteiger charge is 2.42. The van der Waals surface area contributed by atoms with Crippen LogP contribution in [-0.4, -0.2) is 10.2 Å². The van der Waals surface area contributed by atoms with Crippen molar-refractivity contribution in [2.45, 2.75) is 65.2 Å². The van der Waals surface area contributed by atoms with Gasteiger partial charge in [-0.1, -0.05) is 45.0 Å². The molecule has 2 N–H and O–H groups in total. The lowest BCUT2D eigenvalue weighted by molar-refractivity contribution is 0.172. The van der Waals surface area contributed by atoms with Gasteiger partial charge in [-0.25, -0.2) is 0 Å². The Bertz CT molecular complexity index is 793. The first kappa shape index (κ1) is 18.8. The monoisotopic (exact) mass is 352 g/mol. The number of aromatic hydroxyl groups is 2. The molecule has 1 aliphatic rings. The fourth-order valence-electron chi connectivity index (χ4n) is 4.70. The summed E-state index contributed by atoms with van der Waals surface area (Å²) in [6.45, 7) is 11.0. The Balaban J connectivity index is 2.08. The molecule has 3 rings (SSSR count). The SMILES string of the molecule is Cc1cc(C2CC(C(C)C)CCC2(C)c2ccc(O)c(C)c2)ccc1O. The second-order valence-corrected chi connectivity index (χ2v) is 8.80. The van der Waals surface area contributed by atoms with Gasteiger partial charge in [0.2, 0.25) is 0 Å². The molecule has 1 saturated carbocycles. The minimum atomic E-state index is 0.0350. The molecular formula is C24H32O2. The van der Waals surface area contributed by atoms with Gasteiger partial charge in [0.05, 0.1) is 0 Å². The Labute approximate surface area is 157 Å². The smallest absolute Gasteiger partial charge is 0.118 e. The van der Waals surface area contributed by atoms with Crippen LogP contribution in [0.1, 0.15) is 68.2 Å². The van der Waals surface area contributed by atoms with Crippen molar-refractivity contribution in [2.24, 2.45) is 11.8 Å². The molecule has 1 aliphatic carbocycles. The predicted octanol–water partition coefficient (Wildman–Crippen LogP) is 6.21. The molecule has 2 aromatic rings. The summed E-state index contributed by atoms with van der Waals surface area (Å²) < 4.78 is 0. The van der Waals surface area contributed by atoms with Crippen LogP contribution in [0.2, 0.25) is 0 Å². The second-order valence-electron chi connectivity index (χ2n) is 8.80. The number of rotatable bonds is 3. The predicted molar refractivity (Wildman–Crippen MR) is 108 cm³/mol. The number of hydrogen-bond donors (Lipinski definition) is 2. The molecule has 3 unspecified atom stereocenters. The summed E-state index contributed by atoms with van der Waals surface area (Å²) in [5, 5.41) is 19.9. The summed E-state index contributed by atoms with van der Waals surface area (Å²) in [7, 11) is 0. The summed E-state index contributed by atoms with van der Waals surface area (Å²) in [5.74, 6) is 2.55. The van der Waals surface area contributed by atoms with Gasteiger partial charge in [-0.2, -0.15) is 0 Å². The maximum absolute atomic E-state index is 9.97. The maximum Gasteiger partial charge on any atom is 0.118 e. The van der Waals surface area contributed by atoms with Gasteiger partial charge >= 0.3 is 0 Å². The minimum absolute atomic E-state index is 0.0350. The topological polar surface area (TPSA) is 40.5 Å². The van der Waals surface area contributed by atoms with E-state index in [1.54, 1.807) is 0 Å². The molecule has 2 nitrogen and oxygen atoms in total.